The van der Waals surface area contributed by atoms with Gasteiger partial charge in [0.15, 0.2) is 6.10 Å². The minimum absolute atomic E-state index is 0.140. The Kier molecular flexibility index (Phi) is 36.2. The molecule has 0 aromatic carbocycles. The topological polar surface area (TPSA) is 149 Å². The molecule has 10 nitrogen and oxygen atoms in total. The summed E-state index contributed by atoms with van der Waals surface area (Å²) < 4.78 is 32.6. The molecule has 0 saturated carbocycles. The average molecular weight is 759 g/mol. The zero-order chi connectivity index (χ0) is 38.4. The maximum Gasteiger partial charge on any atom is 0.472 e. The van der Waals surface area contributed by atoms with Crippen LogP contribution in [0.5, 0.6) is 0 Å². The van der Waals surface area contributed by atoms with Crippen LogP contribution in [-0.4, -0.2) is 65.7 Å². The fourth-order valence-corrected chi connectivity index (χ4v) is 6.10. The molecule has 0 saturated heterocycles. The van der Waals surface area contributed by atoms with E-state index in [9.17, 15) is 24.2 Å². The van der Waals surface area contributed by atoms with E-state index in [4.69, 9.17) is 19.1 Å². The molecule has 0 amide bonds. The van der Waals surface area contributed by atoms with Gasteiger partial charge in [0.05, 0.1) is 19.8 Å². The molecule has 0 bridgehead atoms. The lowest BCUT2D eigenvalue weighted by Gasteiger charge is -2.20. The minimum atomic E-state index is -4.62. The first kappa shape index (κ1) is 50.2. The monoisotopic (exact) mass is 759 g/mol. The zero-order valence-electron chi connectivity index (χ0n) is 32.8. The van der Waals surface area contributed by atoms with Crippen LogP contribution in [0, 0.1) is 0 Å². The first-order valence-corrected chi connectivity index (χ1v) is 21.9. The predicted octanol–water partition coefficient (Wildman–Crippen LogP) is 10.4. The molecule has 1 unspecified atom stereocenters. The van der Waals surface area contributed by atoms with Gasteiger partial charge in [-0.3, -0.25) is 18.6 Å². The number of aliphatic hydroxyl groups is 2. The number of esters is 2. The van der Waals surface area contributed by atoms with E-state index in [0.29, 0.717) is 12.8 Å². The quantitative estimate of drug-likeness (QED) is 0.0240. The van der Waals surface area contributed by atoms with E-state index in [2.05, 4.69) is 54.8 Å². The molecule has 0 fully saturated rings. The number of ether oxygens (including phenoxy) is 2. The normalized spacial score (nSPS) is 14.3. The first-order chi connectivity index (χ1) is 25.2. The van der Waals surface area contributed by atoms with Crippen LogP contribution >= 0.6 is 7.82 Å². The van der Waals surface area contributed by atoms with Gasteiger partial charge in [-0.25, -0.2) is 4.57 Å². The van der Waals surface area contributed by atoms with Gasteiger partial charge in [0.1, 0.15) is 12.7 Å². The third-order valence-electron chi connectivity index (χ3n) is 8.52. The molecule has 0 aromatic rings. The molecule has 52 heavy (non-hydrogen) atoms. The molecule has 11 heteroatoms. The van der Waals surface area contributed by atoms with Crippen molar-refractivity contribution >= 4 is 19.8 Å². The largest absolute Gasteiger partial charge is 0.472 e. The molecular formula is C41H75O10P. The van der Waals surface area contributed by atoms with Crippen molar-refractivity contribution in [2.75, 3.05) is 26.4 Å². The number of allylic oxidation sites excluding steroid dienone is 6. The van der Waals surface area contributed by atoms with E-state index in [1.54, 1.807) is 0 Å². The number of aliphatic hydroxyl groups excluding tert-OH is 2. The molecule has 0 radical (unpaired) electrons. The lowest BCUT2D eigenvalue weighted by atomic mass is 10.1. The summed E-state index contributed by atoms with van der Waals surface area (Å²) in [7, 11) is -4.62. The summed E-state index contributed by atoms with van der Waals surface area (Å²) >= 11 is 0. The molecule has 3 atom stereocenters. The lowest BCUT2D eigenvalue weighted by molar-refractivity contribution is -0.161. The van der Waals surface area contributed by atoms with Gasteiger partial charge >= 0.3 is 19.8 Å². The van der Waals surface area contributed by atoms with Crippen molar-refractivity contribution in [1.29, 1.82) is 0 Å². The Morgan fingerprint density at radius 2 is 1.00 bits per heavy atom. The Balaban J connectivity index is 4.41. The number of unbranched alkanes of at least 4 members (excludes halogenated alkanes) is 18. The molecule has 304 valence electrons. The van der Waals surface area contributed by atoms with E-state index < -0.39 is 51.8 Å². The highest BCUT2D eigenvalue weighted by molar-refractivity contribution is 7.47. The van der Waals surface area contributed by atoms with Crippen molar-refractivity contribution < 1.29 is 47.8 Å². The lowest BCUT2D eigenvalue weighted by Crippen LogP contribution is -2.29. The molecule has 0 rings (SSSR count). The molecule has 0 aromatic heterocycles. The van der Waals surface area contributed by atoms with Crippen LogP contribution in [0.1, 0.15) is 174 Å². The average Bonchev–Trinajstić information content (AvgIpc) is 3.13. The molecule has 0 aliphatic rings. The fourth-order valence-electron chi connectivity index (χ4n) is 5.31. The summed E-state index contributed by atoms with van der Waals surface area (Å²) in [5.41, 5.74) is 0. The first-order valence-electron chi connectivity index (χ1n) is 20.4. The Morgan fingerprint density at radius 3 is 1.54 bits per heavy atom. The van der Waals surface area contributed by atoms with Crippen LogP contribution in [0.4, 0.5) is 0 Å². The standard InChI is InChI=1S/C41H75O10P/c1-3-5-7-9-11-13-15-17-19-21-23-25-27-29-31-33-41(45)51-39(37-50-52(46,47)49-35-38(43)34-42)36-48-40(44)32-30-28-26-24-22-20-18-16-14-12-10-8-6-4-2/h16-19,23,25,38-39,42-43H,3-15,20-22,24,26-37H2,1-2H3,(H,46,47)/b18-16+,19-17+,25-23+/t38-,39+/m0/s1. The molecule has 0 heterocycles. The smallest absolute Gasteiger partial charge is 0.462 e. The van der Waals surface area contributed by atoms with Gasteiger partial charge < -0.3 is 24.6 Å². The van der Waals surface area contributed by atoms with Gasteiger partial charge in [0.2, 0.25) is 0 Å². The summed E-state index contributed by atoms with van der Waals surface area (Å²) in [5.74, 6) is -0.973. The maximum absolute atomic E-state index is 12.6. The second kappa shape index (κ2) is 37.5. The predicted molar refractivity (Wildman–Crippen MR) is 210 cm³/mol. The van der Waals surface area contributed by atoms with Crippen LogP contribution in [0.25, 0.3) is 0 Å². The highest BCUT2D eigenvalue weighted by Gasteiger charge is 2.27. The van der Waals surface area contributed by atoms with Crippen LogP contribution in [0.3, 0.4) is 0 Å². The summed E-state index contributed by atoms with van der Waals surface area (Å²) in [4.78, 5) is 34.9. The van der Waals surface area contributed by atoms with Gasteiger partial charge in [-0.05, 0) is 70.6 Å². The number of rotatable bonds is 38. The van der Waals surface area contributed by atoms with Crippen LogP contribution in [0.15, 0.2) is 36.5 Å². The van der Waals surface area contributed by atoms with Gasteiger partial charge in [0, 0.05) is 12.8 Å². The summed E-state index contributed by atoms with van der Waals surface area (Å²) in [6.07, 6.45) is 36.8. The summed E-state index contributed by atoms with van der Waals surface area (Å²) in [6.45, 7) is 2.31. The van der Waals surface area contributed by atoms with Crippen molar-refractivity contribution in [1.82, 2.24) is 0 Å². The van der Waals surface area contributed by atoms with E-state index in [1.807, 2.05) is 0 Å². The van der Waals surface area contributed by atoms with Crippen molar-refractivity contribution in [3.05, 3.63) is 36.5 Å². The summed E-state index contributed by atoms with van der Waals surface area (Å²) in [6, 6.07) is 0. The van der Waals surface area contributed by atoms with Gasteiger partial charge in [-0.2, -0.15) is 0 Å². The maximum atomic E-state index is 12.6. The number of phosphoric ester groups is 1. The van der Waals surface area contributed by atoms with E-state index in [0.717, 1.165) is 64.2 Å². The fraction of sp³-hybridized carbons (Fsp3) is 0.805. The van der Waals surface area contributed by atoms with Crippen molar-refractivity contribution in [3.8, 4) is 0 Å². The van der Waals surface area contributed by atoms with E-state index in [-0.39, 0.29) is 19.4 Å². The van der Waals surface area contributed by atoms with E-state index in [1.165, 1.54) is 70.6 Å². The highest BCUT2D eigenvalue weighted by atomic mass is 31.2. The Morgan fingerprint density at radius 1 is 0.577 bits per heavy atom. The van der Waals surface area contributed by atoms with Crippen molar-refractivity contribution in [3.63, 3.8) is 0 Å². The second-order valence-electron chi connectivity index (χ2n) is 13.7. The minimum Gasteiger partial charge on any atom is -0.462 e. The third kappa shape index (κ3) is 36.5. The van der Waals surface area contributed by atoms with Gasteiger partial charge in [-0.15, -0.1) is 0 Å². The third-order valence-corrected chi connectivity index (χ3v) is 9.47. The van der Waals surface area contributed by atoms with Gasteiger partial charge in [0.25, 0.3) is 0 Å². The number of hydrogen-bond acceptors (Lipinski definition) is 9. The SMILES string of the molecule is CCCCCCC/C=C/CCCCCCCC(=O)OC[C@H](COP(=O)(O)OC[C@@H](O)CO)OC(=O)CCCC/C=C/C/C=C/CCCCCCCC. The molecule has 0 spiro atoms. The molecule has 0 aliphatic carbocycles. The number of phosphoric acid groups is 1. The number of carbonyl (C=O) groups excluding carboxylic acids is 2. The summed E-state index contributed by atoms with van der Waals surface area (Å²) in [5, 5.41) is 18.3. The van der Waals surface area contributed by atoms with Crippen LogP contribution in [0.2, 0.25) is 0 Å². The zero-order valence-corrected chi connectivity index (χ0v) is 33.7. The van der Waals surface area contributed by atoms with Gasteiger partial charge in [-0.1, -0.05) is 127 Å². The van der Waals surface area contributed by atoms with Crippen molar-refractivity contribution in [2.24, 2.45) is 0 Å². The Hall–Kier alpha value is -1.81. The Bertz CT molecular complexity index is 967. The highest BCUT2D eigenvalue weighted by Crippen LogP contribution is 2.43. The Labute approximate surface area is 316 Å². The van der Waals surface area contributed by atoms with Crippen molar-refractivity contribution in [2.45, 2.75) is 187 Å². The molecular weight excluding hydrogens is 683 g/mol. The molecule has 0 aliphatic heterocycles. The number of hydrogen-bond donors (Lipinski definition) is 3. The van der Waals surface area contributed by atoms with Crippen LogP contribution in [-0.2, 0) is 32.7 Å². The van der Waals surface area contributed by atoms with Crippen LogP contribution < -0.4 is 0 Å². The second-order valence-corrected chi connectivity index (χ2v) is 15.1. The number of carbonyl (C=O) groups is 2. The van der Waals surface area contributed by atoms with E-state index >= 15 is 0 Å². The molecule has 3 N–H and O–H groups in total.